The summed E-state index contributed by atoms with van der Waals surface area (Å²) in [5.41, 5.74) is -0.740. The molecule has 0 fully saturated rings. The Hall–Kier alpha value is -0.370. The van der Waals surface area contributed by atoms with Gasteiger partial charge in [0.15, 0.2) is 0 Å². The molecule has 0 aromatic carbocycles. The number of nitrogens with zero attached hydrogens (tertiary/aromatic N) is 1. The Bertz CT molecular complexity index is 116. The fraction of sp³-hybridized carbons (Fsp3) is 0.875. The van der Waals surface area contributed by atoms with Gasteiger partial charge < -0.3 is 5.11 Å². The molecule has 0 heterocycles. The molecule has 0 aliphatic heterocycles. The van der Waals surface area contributed by atoms with E-state index in [4.69, 9.17) is 0 Å². The molecule has 0 saturated heterocycles. The molecule has 0 radical (unpaired) electrons. The number of aliphatic hydroxyl groups is 1. The summed E-state index contributed by atoms with van der Waals surface area (Å²) in [6, 6.07) is 0. The van der Waals surface area contributed by atoms with E-state index in [1.165, 1.54) is 0 Å². The predicted molar refractivity (Wildman–Crippen MR) is 44.5 cm³/mol. The number of hydrogen-bond donors (Lipinski definition) is 1. The molecule has 1 unspecified atom stereocenters. The highest BCUT2D eigenvalue weighted by atomic mass is 16.3. The van der Waals surface area contributed by atoms with Crippen molar-refractivity contribution >= 4 is 6.21 Å². The molecular formula is C8H17NO. The first-order chi connectivity index (χ1) is 4.50. The molecule has 0 spiro atoms. The maximum absolute atomic E-state index is 9.57. The van der Waals surface area contributed by atoms with Gasteiger partial charge in [0.2, 0.25) is 0 Å². The third kappa shape index (κ3) is 2.97. The molecular weight excluding hydrogens is 126 g/mol. The lowest BCUT2D eigenvalue weighted by molar-refractivity contribution is 0.0878. The molecule has 0 aromatic rings. The van der Waals surface area contributed by atoms with E-state index < -0.39 is 5.60 Å². The summed E-state index contributed by atoms with van der Waals surface area (Å²) in [6.07, 6.45) is 1.62. The average molecular weight is 143 g/mol. The van der Waals surface area contributed by atoms with Gasteiger partial charge in [0.25, 0.3) is 0 Å². The Kier molecular flexibility index (Phi) is 3.58. The second-order valence-electron chi connectivity index (χ2n) is 3.01. The van der Waals surface area contributed by atoms with Gasteiger partial charge in [-0.25, -0.2) is 0 Å². The minimum absolute atomic E-state index is 0.225. The van der Waals surface area contributed by atoms with E-state index in [2.05, 4.69) is 4.99 Å². The zero-order valence-corrected chi connectivity index (χ0v) is 7.26. The van der Waals surface area contributed by atoms with Crippen molar-refractivity contribution in [1.82, 2.24) is 0 Å². The van der Waals surface area contributed by atoms with E-state index in [0.717, 1.165) is 6.54 Å². The quantitative estimate of drug-likeness (QED) is 0.596. The second-order valence-corrected chi connectivity index (χ2v) is 3.01. The fourth-order valence-electron chi connectivity index (χ4n) is 0.425. The molecule has 0 rings (SSSR count). The molecule has 2 nitrogen and oxygen atoms in total. The van der Waals surface area contributed by atoms with Gasteiger partial charge in [0.05, 0.1) is 5.60 Å². The number of hydrogen-bond acceptors (Lipinski definition) is 2. The molecule has 1 N–H and O–H groups in total. The van der Waals surface area contributed by atoms with Crippen LogP contribution in [0.1, 0.15) is 27.7 Å². The molecule has 0 aliphatic carbocycles. The normalized spacial score (nSPS) is 18.2. The Morgan fingerprint density at radius 3 is 2.40 bits per heavy atom. The molecule has 0 bridgehead atoms. The van der Waals surface area contributed by atoms with Gasteiger partial charge in [-0.05, 0) is 19.8 Å². The van der Waals surface area contributed by atoms with E-state index in [1.807, 2.05) is 20.8 Å². The summed E-state index contributed by atoms with van der Waals surface area (Å²) in [7, 11) is 0. The minimum Gasteiger partial charge on any atom is -0.384 e. The van der Waals surface area contributed by atoms with Crippen LogP contribution in [0.4, 0.5) is 0 Å². The highest BCUT2D eigenvalue weighted by molar-refractivity contribution is 5.67. The van der Waals surface area contributed by atoms with Crippen molar-refractivity contribution in [3.8, 4) is 0 Å². The largest absolute Gasteiger partial charge is 0.384 e. The van der Waals surface area contributed by atoms with E-state index in [-0.39, 0.29) is 5.92 Å². The summed E-state index contributed by atoms with van der Waals surface area (Å²) in [5.74, 6) is 0.225. The van der Waals surface area contributed by atoms with E-state index in [1.54, 1.807) is 13.1 Å². The van der Waals surface area contributed by atoms with E-state index >= 15 is 0 Å². The average Bonchev–Trinajstić information content (AvgIpc) is 1.84. The second kappa shape index (κ2) is 3.71. The zero-order chi connectivity index (χ0) is 8.20. The van der Waals surface area contributed by atoms with Crippen LogP contribution in [0.15, 0.2) is 4.99 Å². The summed E-state index contributed by atoms with van der Waals surface area (Å²) < 4.78 is 0. The maximum atomic E-state index is 9.57. The topological polar surface area (TPSA) is 32.6 Å². The van der Waals surface area contributed by atoms with Crippen LogP contribution in [0.25, 0.3) is 0 Å². The fourth-order valence-corrected chi connectivity index (χ4v) is 0.425. The van der Waals surface area contributed by atoms with E-state index in [0.29, 0.717) is 0 Å². The van der Waals surface area contributed by atoms with Crippen LogP contribution in [-0.2, 0) is 0 Å². The van der Waals surface area contributed by atoms with Gasteiger partial charge in [-0.15, -0.1) is 0 Å². The molecule has 60 valence electrons. The lowest BCUT2D eigenvalue weighted by atomic mass is 9.94. The van der Waals surface area contributed by atoms with Crippen molar-refractivity contribution in [1.29, 1.82) is 0 Å². The molecule has 0 aromatic heterocycles. The SMILES string of the molecule is CC/N=C/C(C)(O)C(C)C. The molecule has 0 aliphatic rings. The van der Waals surface area contributed by atoms with Crippen molar-refractivity contribution < 1.29 is 5.11 Å². The lowest BCUT2D eigenvalue weighted by Gasteiger charge is -2.22. The van der Waals surface area contributed by atoms with Crippen molar-refractivity contribution in [2.75, 3.05) is 6.54 Å². The highest BCUT2D eigenvalue weighted by Crippen LogP contribution is 2.12. The Morgan fingerprint density at radius 1 is 1.60 bits per heavy atom. The third-order valence-corrected chi connectivity index (χ3v) is 1.70. The first-order valence-corrected chi connectivity index (χ1v) is 3.74. The Balaban J connectivity index is 3.98. The summed E-state index contributed by atoms with van der Waals surface area (Å²) >= 11 is 0. The molecule has 1 atom stereocenters. The molecule has 0 saturated carbocycles. The lowest BCUT2D eigenvalue weighted by Crippen LogP contribution is -2.32. The Morgan fingerprint density at radius 2 is 2.10 bits per heavy atom. The van der Waals surface area contributed by atoms with Crippen molar-refractivity contribution in [2.45, 2.75) is 33.3 Å². The van der Waals surface area contributed by atoms with Crippen LogP contribution in [0.2, 0.25) is 0 Å². The third-order valence-electron chi connectivity index (χ3n) is 1.70. The summed E-state index contributed by atoms with van der Waals surface area (Å²) in [5, 5.41) is 9.57. The monoisotopic (exact) mass is 143 g/mol. The van der Waals surface area contributed by atoms with Gasteiger partial charge in [0.1, 0.15) is 0 Å². The number of rotatable bonds is 3. The zero-order valence-electron chi connectivity index (χ0n) is 7.26. The first kappa shape index (κ1) is 9.63. The van der Waals surface area contributed by atoms with Crippen LogP contribution in [0, 0.1) is 5.92 Å². The van der Waals surface area contributed by atoms with Crippen LogP contribution < -0.4 is 0 Å². The first-order valence-electron chi connectivity index (χ1n) is 3.74. The standard InChI is InChI=1S/C8H17NO/c1-5-9-6-8(4,10)7(2)3/h6-7,10H,5H2,1-4H3/b9-6+. The van der Waals surface area contributed by atoms with Gasteiger partial charge in [0, 0.05) is 12.8 Å². The number of aliphatic imine (C=N–C) groups is 1. The van der Waals surface area contributed by atoms with Crippen molar-refractivity contribution in [3.05, 3.63) is 0 Å². The smallest absolute Gasteiger partial charge is 0.0987 e. The van der Waals surface area contributed by atoms with E-state index in [9.17, 15) is 5.11 Å². The van der Waals surface area contributed by atoms with Crippen LogP contribution in [0.5, 0.6) is 0 Å². The van der Waals surface area contributed by atoms with Gasteiger partial charge in [-0.1, -0.05) is 13.8 Å². The Labute approximate surface area is 63.0 Å². The molecule has 10 heavy (non-hydrogen) atoms. The summed E-state index contributed by atoms with van der Waals surface area (Å²) in [6.45, 7) is 8.41. The van der Waals surface area contributed by atoms with Crippen LogP contribution >= 0.6 is 0 Å². The van der Waals surface area contributed by atoms with Crippen molar-refractivity contribution in [3.63, 3.8) is 0 Å². The molecule has 0 amide bonds. The predicted octanol–water partition coefficient (Wildman–Crippen LogP) is 1.48. The highest BCUT2D eigenvalue weighted by Gasteiger charge is 2.21. The molecule has 2 heteroatoms. The van der Waals surface area contributed by atoms with Crippen LogP contribution in [0.3, 0.4) is 0 Å². The van der Waals surface area contributed by atoms with Gasteiger partial charge in [-0.3, -0.25) is 4.99 Å². The maximum Gasteiger partial charge on any atom is 0.0987 e. The van der Waals surface area contributed by atoms with Gasteiger partial charge in [-0.2, -0.15) is 0 Å². The summed E-state index contributed by atoms with van der Waals surface area (Å²) in [4.78, 5) is 3.99. The van der Waals surface area contributed by atoms with Crippen molar-refractivity contribution in [2.24, 2.45) is 10.9 Å². The van der Waals surface area contributed by atoms with Gasteiger partial charge >= 0.3 is 0 Å². The van der Waals surface area contributed by atoms with Crippen LogP contribution in [-0.4, -0.2) is 23.5 Å². The minimum atomic E-state index is -0.740.